The standard InChI is InChI=1S/C20H17ClN2O3/c21-14-6-7-16-15(10-14)17(12-4-2-1-3-5-12)23-20(19(26)22-16)9-8-13(11-20)18(24)25/h1-7,10,13H,8-9,11H2,(H,22,26)(H,24,25). The number of benzene rings is 2. The Morgan fingerprint density at radius 2 is 2.00 bits per heavy atom. The molecular formula is C20H17ClN2O3. The molecule has 2 unspecified atom stereocenters. The number of hydrogen-bond acceptors (Lipinski definition) is 3. The summed E-state index contributed by atoms with van der Waals surface area (Å²) in [6.07, 6.45) is 1.05. The third-order valence-corrected chi connectivity index (χ3v) is 5.36. The maximum atomic E-state index is 13.0. The molecule has 132 valence electrons. The zero-order chi connectivity index (χ0) is 18.3. The van der Waals surface area contributed by atoms with Gasteiger partial charge in [-0.2, -0.15) is 0 Å². The van der Waals surface area contributed by atoms with Crippen molar-refractivity contribution in [1.82, 2.24) is 0 Å². The first-order valence-electron chi connectivity index (χ1n) is 8.48. The van der Waals surface area contributed by atoms with Gasteiger partial charge in [0.05, 0.1) is 17.3 Å². The van der Waals surface area contributed by atoms with Gasteiger partial charge in [-0.1, -0.05) is 41.9 Å². The fourth-order valence-electron chi connectivity index (χ4n) is 3.74. The Bertz CT molecular complexity index is 926. The first kappa shape index (κ1) is 16.8. The summed E-state index contributed by atoms with van der Waals surface area (Å²) in [7, 11) is 0. The lowest BCUT2D eigenvalue weighted by Crippen LogP contribution is -2.39. The van der Waals surface area contributed by atoms with Crippen LogP contribution in [0.5, 0.6) is 0 Å². The molecule has 1 fully saturated rings. The Hall–Kier alpha value is -2.66. The normalized spacial score (nSPS) is 24.6. The van der Waals surface area contributed by atoms with Gasteiger partial charge in [-0.05, 0) is 37.5 Å². The lowest BCUT2D eigenvalue weighted by molar-refractivity contribution is -0.141. The smallest absolute Gasteiger partial charge is 0.306 e. The van der Waals surface area contributed by atoms with Crippen molar-refractivity contribution < 1.29 is 14.7 Å². The minimum absolute atomic E-state index is 0.201. The van der Waals surface area contributed by atoms with Crippen molar-refractivity contribution in [3.63, 3.8) is 0 Å². The molecule has 0 saturated heterocycles. The Kier molecular flexibility index (Phi) is 4.04. The number of carbonyl (C=O) groups excluding carboxylic acids is 1. The second-order valence-electron chi connectivity index (χ2n) is 6.78. The van der Waals surface area contributed by atoms with E-state index >= 15 is 0 Å². The summed E-state index contributed by atoms with van der Waals surface area (Å²) < 4.78 is 0. The van der Waals surface area contributed by atoms with Crippen LogP contribution >= 0.6 is 11.6 Å². The van der Waals surface area contributed by atoms with E-state index in [1.807, 2.05) is 30.3 Å². The predicted octanol–water partition coefficient (Wildman–Crippen LogP) is 3.75. The minimum Gasteiger partial charge on any atom is -0.481 e. The zero-order valence-corrected chi connectivity index (χ0v) is 14.7. The van der Waals surface area contributed by atoms with Crippen molar-refractivity contribution in [2.45, 2.75) is 24.8 Å². The molecule has 1 spiro atoms. The molecule has 2 aliphatic rings. The van der Waals surface area contributed by atoms with E-state index in [9.17, 15) is 14.7 Å². The number of carbonyl (C=O) groups is 2. The average molecular weight is 369 g/mol. The van der Waals surface area contributed by atoms with Crippen LogP contribution in [-0.2, 0) is 9.59 Å². The second-order valence-corrected chi connectivity index (χ2v) is 7.22. The summed E-state index contributed by atoms with van der Waals surface area (Å²) in [6.45, 7) is 0. The Labute approximate surface area is 155 Å². The second kappa shape index (κ2) is 6.25. The highest BCUT2D eigenvalue weighted by molar-refractivity contribution is 6.32. The lowest BCUT2D eigenvalue weighted by Gasteiger charge is -2.22. The van der Waals surface area contributed by atoms with Crippen molar-refractivity contribution in [3.8, 4) is 0 Å². The van der Waals surface area contributed by atoms with Crippen molar-refractivity contribution in [2.24, 2.45) is 10.9 Å². The molecule has 4 rings (SSSR count). The average Bonchev–Trinajstić information content (AvgIpc) is 3.03. The quantitative estimate of drug-likeness (QED) is 0.847. The van der Waals surface area contributed by atoms with E-state index in [1.165, 1.54) is 0 Å². The van der Waals surface area contributed by atoms with Gasteiger partial charge >= 0.3 is 5.97 Å². The maximum Gasteiger partial charge on any atom is 0.306 e. The molecule has 2 aromatic carbocycles. The van der Waals surface area contributed by atoms with Gasteiger partial charge in [0.25, 0.3) is 5.91 Å². The summed E-state index contributed by atoms with van der Waals surface area (Å²) in [5.41, 5.74) is 1.84. The molecular weight excluding hydrogens is 352 g/mol. The first-order chi connectivity index (χ1) is 12.5. The molecule has 0 radical (unpaired) electrons. The number of rotatable bonds is 2. The van der Waals surface area contributed by atoms with Crippen LogP contribution in [0.4, 0.5) is 5.69 Å². The molecule has 6 heteroatoms. The number of halogens is 1. The number of amides is 1. The van der Waals surface area contributed by atoms with Gasteiger partial charge in [-0.25, -0.2) is 0 Å². The Balaban J connectivity index is 1.91. The molecule has 1 heterocycles. The van der Waals surface area contributed by atoms with E-state index in [1.54, 1.807) is 18.2 Å². The molecule has 1 aliphatic carbocycles. The Morgan fingerprint density at radius 1 is 1.23 bits per heavy atom. The highest BCUT2D eigenvalue weighted by Crippen LogP contribution is 2.42. The SMILES string of the molecule is O=C(O)C1CCC2(C1)N=C(c1ccccc1)c1cc(Cl)ccc1NC2=O. The van der Waals surface area contributed by atoms with Gasteiger partial charge in [0.2, 0.25) is 0 Å². The van der Waals surface area contributed by atoms with Crippen LogP contribution in [0.2, 0.25) is 5.02 Å². The van der Waals surface area contributed by atoms with Crippen LogP contribution in [0.25, 0.3) is 0 Å². The van der Waals surface area contributed by atoms with Gasteiger partial charge < -0.3 is 10.4 Å². The maximum absolute atomic E-state index is 13.0. The third-order valence-electron chi connectivity index (χ3n) is 5.12. The fraction of sp³-hybridized carbons (Fsp3) is 0.250. The predicted molar refractivity (Wildman–Crippen MR) is 99.9 cm³/mol. The summed E-state index contributed by atoms with van der Waals surface area (Å²) >= 11 is 6.19. The molecule has 26 heavy (non-hydrogen) atoms. The number of anilines is 1. The van der Waals surface area contributed by atoms with Crippen LogP contribution in [0, 0.1) is 5.92 Å². The number of hydrogen-bond donors (Lipinski definition) is 2. The first-order valence-corrected chi connectivity index (χ1v) is 8.86. The van der Waals surface area contributed by atoms with Gasteiger partial charge in [0, 0.05) is 16.1 Å². The molecule has 2 aromatic rings. The van der Waals surface area contributed by atoms with Crippen molar-refractivity contribution >= 4 is 34.9 Å². The summed E-state index contributed by atoms with van der Waals surface area (Å²) in [6, 6.07) is 14.8. The van der Waals surface area contributed by atoms with Crippen LogP contribution in [0.15, 0.2) is 53.5 Å². The largest absolute Gasteiger partial charge is 0.481 e. The number of carboxylic acid groups (broad SMARTS) is 1. The number of nitrogens with zero attached hydrogens (tertiary/aromatic N) is 1. The van der Waals surface area contributed by atoms with Crippen LogP contribution in [0.1, 0.15) is 30.4 Å². The molecule has 1 saturated carbocycles. The minimum atomic E-state index is -1.07. The monoisotopic (exact) mass is 368 g/mol. The third kappa shape index (κ3) is 2.78. The van der Waals surface area contributed by atoms with E-state index < -0.39 is 17.4 Å². The topological polar surface area (TPSA) is 78.8 Å². The summed E-state index contributed by atoms with van der Waals surface area (Å²) in [5, 5.41) is 12.9. The Morgan fingerprint density at radius 3 is 2.69 bits per heavy atom. The van der Waals surface area contributed by atoms with E-state index in [0.29, 0.717) is 29.3 Å². The van der Waals surface area contributed by atoms with Gasteiger partial charge in [-0.3, -0.25) is 14.6 Å². The number of aliphatic carboxylic acids is 1. The van der Waals surface area contributed by atoms with Crippen LogP contribution in [0.3, 0.4) is 0 Å². The zero-order valence-electron chi connectivity index (χ0n) is 13.9. The van der Waals surface area contributed by atoms with E-state index in [2.05, 4.69) is 5.32 Å². The van der Waals surface area contributed by atoms with E-state index in [4.69, 9.17) is 16.6 Å². The molecule has 0 bridgehead atoms. The van der Waals surface area contributed by atoms with E-state index in [0.717, 1.165) is 11.1 Å². The molecule has 1 aliphatic heterocycles. The fourth-order valence-corrected chi connectivity index (χ4v) is 3.92. The summed E-state index contributed by atoms with van der Waals surface area (Å²) in [4.78, 5) is 29.3. The van der Waals surface area contributed by atoms with Gasteiger partial charge in [0.1, 0.15) is 5.54 Å². The lowest BCUT2D eigenvalue weighted by atomic mass is 9.94. The van der Waals surface area contributed by atoms with Crippen molar-refractivity contribution in [2.75, 3.05) is 5.32 Å². The van der Waals surface area contributed by atoms with Crippen LogP contribution in [-0.4, -0.2) is 28.2 Å². The number of aliphatic imine (C=N–C) groups is 1. The van der Waals surface area contributed by atoms with Crippen LogP contribution < -0.4 is 5.32 Å². The number of nitrogens with one attached hydrogen (secondary N) is 1. The molecule has 5 nitrogen and oxygen atoms in total. The molecule has 2 N–H and O–H groups in total. The highest BCUT2D eigenvalue weighted by Gasteiger charge is 2.49. The van der Waals surface area contributed by atoms with Crippen molar-refractivity contribution in [3.05, 3.63) is 64.7 Å². The van der Waals surface area contributed by atoms with E-state index in [-0.39, 0.29) is 12.3 Å². The summed E-state index contributed by atoms with van der Waals surface area (Å²) in [5.74, 6) is -1.70. The number of carboxylic acids is 1. The highest BCUT2D eigenvalue weighted by atomic mass is 35.5. The van der Waals surface area contributed by atoms with Crippen molar-refractivity contribution in [1.29, 1.82) is 0 Å². The number of fused-ring (bicyclic) bond motifs is 1. The molecule has 0 aromatic heterocycles. The van der Waals surface area contributed by atoms with Gasteiger partial charge in [0.15, 0.2) is 0 Å². The molecule has 1 amide bonds. The van der Waals surface area contributed by atoms with Gasteiger partial charge in [-0.15, -0.1) is 0 Å². The molecule has 2 atom stereocenters.